The third-order valence-corrected chi connectivity index (χ3v) is 2.47. The number of hydrogen-bond acceptors (Lipinski definition) is 4. The van der Waals surface area contributed by atoms with Gasteiger partial charge in [0.25, 0.3) is 5.91 Å². The molecule has 5 nitrogen and oxygen atoms in total. The van der Waals surface area contributed by atoms with Crippen LogP contribution in [0.5, 0.6) is 0 Å². The Morgan fingerprint density at radius 1 is 1.59 bits per heavy atom. The maximum Gasteiger partial charge on any atom is 0.255 e. The molecule has 1 heterocycles. The topological polar surface area (TPSA) is 78.7 Å². The van der Waals surface area contributed by atoms with Crippen molar-refractivity contribution in [3.63, 3.8) is 0 Å². The average Bonchev–Trinajstić information content (AvgIpc) is 2.31. The maximum atomic E-state index is 11.8. The summed E-state index contributed by atoms with van der Waals surface area (Å²) in [5.41, 5.74) is 0.114. The highest BCUT2D eigenvalue weighted by Crippen LogP contribution is 2.15. The van der Waals surface area contributed by atoms with Crippen molar-refractivity contribution in [1.82, 2.24) is 15.5 Å². The first-order chi connectivity index (χ1) is 8.08. The van der Waals surface area contributed by atoms with Crippen molar-refractivity contribution >= 4 is 29.1 Å². The molecule has 17 heavy (non-hydrogen) atoms. The van der Waals surface area contributed by atoms with Crippen LogP contribution in [-0.4, -0.2) is 22.1 Å². The van der Waals surface area contributed by atoms with Crippen molar-refractivity contribution in [3.05, 3.63) is 21.9 Å². The lowest BCUT2D eigenvalue weighted by atomic mass is 10.2. The second-order valence-electron chi connectivity index (χ2n) is 3.32. The van der Waals surface area contributed by atoms with Crippen molar-refractivity contribution in [1.29, 1.82) is 5.26 Å². The van der Waals surface area contributed by atoms with Crippen LogP contribution in [0.15, 0.2) is 6.07 Å². The van der Waals surface area contributed by atoms with Crippen molar-refractivity contribution in [2.24, 2.45) is 0 Å². The van der Waals surface area contributed by atoms with E-state index in [4.69, 9.17) is 28.5 Å². The molecule has 1 unspecified atom stereocenters. The van der Waals surface area contributed by atoms with Gasteiger partial charge in [-0.05, 0) is 12.5 Å². The molecule has 0 radical (unpaired) electrons. The van der Waals surface area contributed by atoms with Gasteiger partial charge in [-0.2, -0.15) is 5.26 Å². The molecule has 1 rings (SSSR count). The van der Waals surface area contributed by atoms with Gasteiger partial charge in [0.2, 0.25) is 0 Å². The summed E-state index contributed by atoms with van der Waals surface area (Å²) in [4.78, 5) is 11.8. The van der Waals surface area contributed by atoms with E-state index in [1.807, 2.05) is 13.0 Å². The molecule has 0 fully saturated rings. The molecule has 0 aliphatic carbocycles. The van der Waals surface area contributed by atoms with E-state index >= 15 is 0 Å². The minimum atomic E-state index is -0.546. The highest BCUT2D eigenvalue weighted by Gasteiger charge is 2.16. The van der Waals surface area contributed by atoms with Gasteiger partial charge in [0.15, 0.2) is 10.3 Å². The van der Waals surface area contributed by atoms with Crippen molar-refractivity contribution in [2.45, 2.75) is 25.8 Å². The third-order valence-electron chi connectivity index (χ3n) is 2.00. The van der Waals surface area contributed by atoms with Gasteiger partial charge in [0, 0.05) is 0 Å². The maximum absolute atomic E-state index is 11.8. The van der Waals surface area contributed by atoms with Crippen LogP contribution in [0.1, 0.15) is 30.1 Å². The van der Waals surface area contributed by atoms with Gasteiger partial charge in [-0.1, -0.05) is 36.5 Å². The molecular formula is C10H10Cl2N4O. The van der Waals surface area contributed by atoms with Gasteiger partial charge in [-0.3, -0.25) is 4.79 Å². The molecule has 0 aliphatic heterocycles. The van der Waals surface area contributed by atoms with Gasteiger partial charge < -0.3 is 5.32 Å². The number of nitrogens with zero attached hydrogens (tertiary/aromatic N) is 3. The quantitative estimate of drug-likeness (QED) is 0.912. The lowest BCUT2D eigenvalue weighted by Crippen LogP contribution is -2.33. The van der Waals surface area contributed by atoms with E-state index in [0.29, 0.717) is 6.42 Å². The Balaban J connectivity index is 2.83. The van der Waals surface area contributed by atoms with Crippen molar-refractivity contribution in [2.75, 3.05) is 0 Å². The Morgan fingerprint density at radius 2 is 2.29 bits per heavy atom. The first-order valence-electron chi connectivity index (χ1n) is 4.97. The number of carbonyl (C=O) groups excluding carboxylic acids is 1. The lowest BCUT2D eigenvalue weighted by Gasteiger charge is -2.10. The molecule has 0 bridgehead atoms. The fourth-order valence-electron chi connectivity index (χ4n) is 1.21. The number of hydrogen-bond donors (Lipinski definition) is 1. The van der Waals surface area contributed by atoms with Crippen LogP contribution < -0.4 is 5.32 Å². The van der Waals surface area contributed by atoms with E-state index in [1.165, 1.54) is 6.07 Å². The summed E-state index contributed by atoms with van der Waals surface area (Å²) >= 11 is 11.3. The SMILES string of the molecule is CCCC(C#N)NC(=O)c1cc(Cl)nnc1Cl. The normalized spacial score (nSPS) is 11.6. The Morgan fingerprint density at radius 3 is 2.88 bits per heavy atom. The molecule has 0 spiro atoms. The van der Waals surface area contributed by atoms with E-state index in [2.05, 4.69) is 15.5 Å². The molecule has 0 saturated carbocycles. The van der Waals surface area contributed by atoms with Gasteiger partial charge in [0.1, 0.15) is 6.04 Å². The molecule has 1 aromatic heterocycles. The largest absolute Gasteiger partial charge is 0.336 e. The molecule has 0 aliphatic rings. The molecule has 7 heteroatoms. The first kappa shape index (κ1) is 13.7. The standard InChI is InChI=1S/C10H10Cl2N4O/c1-2-3-6(5-13)14-10(17)7-4-8(11)15-16-9(7)12/h4,6H,2-3H2,1H3,(H,14,17). The predicted molar refractivity (Wildman–Crippen MR) is 63.8 cm³/mol. The number of carbonyl (C=O) groups is 1. The zero-order valence-electron chi connectivity index (χ0n) is 9.07. The fourth-order valence-corrected chi connectivity index (χ4v) is 1.53. The van der Waals surface area contributed by atoms with Gasteiger partial charge in [-0.15, -0.1) is 10.2 Å². The fraction of sp³-hybridized carbons (Fsp3) is 0.400. The van der Waals surface area contributed by atoms with Gasteiger partial charge in [-0.25, -0.2) is 0 Å². The number of aromatic nitrogens is 2. The molecule has 1 atom stereocenters. The lowest BCUT2D eigenvalue weighted by molar-refractivity contribution is 0.0943. The Hall–Kier alpha value is -1.38. The molecule has 90 valence electrons. The highest BCUT2D eigenvalue weighted by atomic mass is 35.5. The van der Waals surface area contributed by atoms with Crippen LogP contribution in [-0.2, 0) is 0 Å². The van der Waals surface area contributed by atoms with E-state index in [0.717, 1.165) is 6.42 Å². The predicted octanol–water partition coefficient (Wildman–Crippen LogP) is 2.21. The summed E-state index contributed by atoms with van der Waals surface area (Å²) < 4.78 is 0. The Labute approximate surface area is 109 Å². The minimum absolute atomic E-state index is 0.0416. The zero-order chi connectivity index (χ0) is 12.8. The van der Waals surface area contributed by atoms with Crippen LogP contribution >= 0.6 is 23.2 Å². The van der Waals surface area contributed by atoms with Crippen LogP contribution in [0.3, 0.4) is 0 Å². The summed E-state index contributed by atoms with van der Waals surface area (Å²) in [7, 11) is 0. The summed E-state index contributed by atoms with van der Waals surface area (Å²) in [5, 5.41) is 18.4. The average molecular weight is 273 g/mol. The van der Waals surface area contributed by atoms with E-state index < -0.39 is 11.9 Å². The monoisotopic (exact) mass is 272 g/mol. The van der Waals surface area contributed by atoms with Crippen LogP contribution in [0.25, 0.3) is 0 Å². The molecular weight excluding hydrogens is 263 g/mol. The Kier molecular flexibility index (Phi) is 5.13. The number of rotatable bonds is 4. The van der Waals surface area contributed by atoms with Crippen molar-refractivity contribution in [3.8, 4) is 6.07 Å². The Bertz CT molecular complexity index is 458. The molecule has 1 amide bonds. The van der Waals surface area contributed by atoms with Crippen LogP contribution in [0, 0.1) is 11.3 Å². The zero-order valence-corrected chi connectivity index (χ0v) is 10.6. The number of amides is 1. The molecule has 0 saturated heterocycles. The van der Waals surface area contributed by atoms with Crippen LogP contribution in [0.4, 0.5) is 0 Å². The summed E-state index contributed by atoms with van der Waals surface area (Å²) in [6, 6.07) is 2.76. The first-order valence-corrected chi connectivity index (χ1v) is 5.73. The second-order valence-corrected chi connectivity index (χ2v) is 4.06. The van der Waals surface area contributed by atoms with E-state index in [-0.39, 0.29) is 15.9 Å². The number of nitriles is 1. The third kappa shape index (κ3) is 3.84. The number of nitrogens with one attached hydrogen (secondary N) is 1. The number of halogens is 2. The smallest absolute Gasteiger partial charge is 0.255 e. The highest BCUT2D eigenvalue weighted by molar-refractivity contribution is 6.34. The molecule has 1 N–H and O–H groups in total. The summed E-state index contributed by atoms with van der Waals surface area (Å²) in [5.74, 6) is -0.480. The molecule has 0 aromatic carbocycles. The summed E-state index contributed by atoms with van der Waals surface area (Å²) in [6.45, 7) is 1.92. The van der Waals surface area contributed by atoms with Gasteiger partial charge in [0.05, 0.1) is 11.6 Å². The van der Waals surface area contributed by atoms with Crippen LogP contribution in [0.2, 0.25) is 10.3 Å². The summed E-state index contributed by atoms with van der Waals surface area (Å²) in [6.07, 6.45) is 1.37. The van der Waals surface area contributed by atoms with E-state index in [9.17, 15) is 4.79 Å². The minimum Gasteiger partial charge on any atom is -0.336 e. The molecule has 1 aromatic rings. The second kappa shape index (κ2) is 6.38. The van der Waals surface area contributed by atoms with Crippen molar-refractivity contribution < 1.29 is 4.79 Å². The van der Waals surface area contributed by atoms with E-state index in [1.54, 1.807) is 0 Å². The van der Waals surface area contributed by atoms with Gasteiger partial charge >= 0.3 is 0 Å².